The molecule has 4 nitrogen and oxygen atoms in total. The molecule has 4 N–H and O–H groups in total. The second kappa shape index (κ2) is 2.74. The first-order valence-electron chi connectivity index (χ1n) is 3.50. The Hall–Kier alpha value is -1.32. The van der Waals surface area contributed by atoms with Gasteiger partial charge >= 0.3 is 0 Å². The lowest BCUT2D eigenvalue weighted by Crippen LogP contribution is -2.01. The molecule has 0 saturated heterocycles. The van der Waals surface area contributed by atoms with Crippen LogP contribution in [0.25, 0.3) is 0 Å². The SMILES string of the molecule is CCOc1cc(N)n(C)c1N. The highest BCUT2D eigenvalue weighted by Crippen LogP contribution is 2.26. The minimum atomic E-state index is 0.573. The van der Waals surface area contributed by atoms with Gasteiger partial charge < -0.3 is 20.8 Å². The van der Waals surface area contributed by atoms with Crippen molar-refractivity contribution in [2.45, 2.75) is 6.92 Å². The lowest BCUT2D eigenvalue weighted by molar-refractivity contribution is 0.342. The molecule has 0 aliphatic rings. The van der Waals surface area contributed by atoms with Crippen molar-refractivity contribution < 1.29 is 4.74 Å². The second-order valence-electron chi connectivity index (χ2n) is 2.31. The van der Waals surface area contributed by atoms with E-state index in [4.69, 9.17) is 16.2 Å². The van der Waals surface area contributed by atoms with Gasteiger partial charge in [0.05, 0.1) is 6.61 Å². The number of nitrogens with two attached hydrogens (primary N) is 2. The predicted molar refractivity (Wildman–Crippen MR) is 45.4 cm³/mol. The van der Waals surface area contributed by atoms with Gasteiger partial charge in [-0.1, -0.05) is 0 Å². The van der Waals surface area contributed by atoms with Crippen LogP contribution in [-0.2, 0) is 7.05 Å². The second-order valence-corrected chi connectivity index (χ2v) is 2.31. The molecular weight excluding hydrogens is 142 g/mol. The molecule has 11 heavy (non-hydrogen) atoms. The molecule has 1 rings (SSSR count). The maximum absolute atomic E-state index is 5.65. The zero-order chi connectivity index (χ0) is 8.43. The molecule has 0 spiro atoms. The highest BCUT2D eigenvalue weighted by Gasteiger charge is 2.06. The summed E-state index contributed by atoms with van der Waals surface area (Å²) in [5, 5.41) is 0. The Labute approximate surface area is 65.7 Å². The van der Waals surface area contributed by atoms with Crippen molar-refractivity contribution in [1.29, 1.82) is 0 Å². The van der Waals surface area contributed by atoms with E-state index in [1.54, 1.807) is 17.7 Å². The van der Waals surface area contributed by atoms with E-state index < -0.39 is 0 Å². The topological polar surface area (TPSA) is 66.2 Å². The fraction of sp³-hybridized carbons (Fsp3) is 0.429. The maximum atomic E-state index is 5.65. The van der Waals surface area contributed by atoms with Crippen LogP contribution in [0.5, 0.6) is 5.75 Å². The molecule has 0 aromatic carbocycles. The summed E-state index contributed by atoms with van der Waals surface area (Å²) in [6.45, 7) is 2.51. The Morgan fingerprint density at radius 3 is 2.55 bits per heavy atom. The van der Waals surface area contributed by atoms with Crippen LogP contribution < -0.4 is 16.2 Å². The number of ether oxygens (including phenoxy) is 1. The van der Waals surface area contributed by atoms with Crippen LogP contribution in [-0.4, -0.2) is 11.2 Å². The minimum Gasteiger partial charge on any atom is -0.490 e. The van der Waals surface area contributed by atoms with Crippen LogP contribution in [0, 0.1) is 0 Å². The lowest BCUT2D eigenvalue weighted by Gasteiger charge is -2.01. The number of hydrogen-bond donors (Lipinski definition) is 2. The summed E-state index contributed by atoms with van der Waals surface area (Å²) in [5.41, 5.74) is 11.2. The van der Waals surface area contributed by atoms with E-state index in [2.05, 4.69) is 0 Å². The number of hydrogen-bond acceptors (Lipinski definition) is 3. The standard InChI is InChI=1S/C7H13N3O/c1-3-11-5-4-6(8)10(2)7(5)9/h4H,3,8-9H2,1-2H3. The summed E-state index contributed by atoms with van der Waals surface area (Å²) < 4.78 is 6.90. The van der Waals surface area contributed by atoms with Crippen LogP contribution >= 0.6 is 0 Å². The van der Waals surface area contributed by atoms with Crippen molar-refractivity contribution in [3.63, 3.8) is 0 Å². The van der Waals surface area contributed by atoms with Crippen molar-refractivity contribution >= 4 is 11.6 Å². The van der Waals surface area contributed by atoms with E-state index in [-0.39, 0.29) is 0 Å². The van der Waals surface area contributed by atoms with E-state index in [0.29, 0.717) is 24.0 Å². The highest BCUT2D eigenvalue weighted by atomic mass is 16.5. The third-order valence-electron chi connectivity index (χ3n) is 1.58. The molecule has 0 fully saturated rings. The Balaban J connectivity index is 2.98. The summed E-state index contributed by atoms with van der Waals surface area (Å²) in [5.74, 6) is 1.85. The molecule has 1 aromatic heterocycles. The van der Waals surface area contributed by atoms with Gasteiger partial charge in [-0.15, -0.1) is 0 Å². The number of nitrogens with zero attached hydrogens (tertiary/aromatic N) is 1. The van der Waals surface area contributed by atoms with Gasteiger partial charge in [0.2, 0.25) is 0 Å². The van der Waals surface area contributed by atoms with Crippen LogP contribution in [0.15, 0.2) is 6.07 Å². The summed E-state index contributed by atoms with van der Waals surface area (Å²) in [6.07, 6.45) is 0. The fourth-order valence-corrected chi connectivity index (χ4v) is 0.881. The first kappa shape index (κ1) is 7.78. The molecule has 1 heterocycles. The average molecular weight is 155 g/mol. The lowest BCUT2D eigenvalue weighted by atomic mass is 10.5. The number of aromatic nitrogens is 1. The monoisotopic (exact) mass is 155 g/mol. The van der Waals surface area contributed by atoms with Crippen molar-refractivity contribution in [1.82, 2.24) is 4.57 Å². The molecule has 1 aromatic rings. The largest absolute Gasteiger partial charge is 0.490 e. The quantitative estimate of drug-likeness (QED) is 0.656. The molecule has 0 saturated carbocycles. The Bertz CT molecular complexity index is 254. The minimum absolute atomic E-state index is 0.573. The normalized spacial score (nSPS) is 10.0. The molecule has 0 bridgehead atoms. The van der Waals surface area contributed by atoms with Gasteiger partial charge in [0.1, 0.15) is 11.6 Å². The summed E-state index contributed by atoms with van der Waals surface area (Å²) in [6, 6.07) is 1.72. The number of anilines is 2. The van der Waals surface area contributed by atoms with Gasteiger partial charge in [-0.25, -0.2) is 0 Å². The highest BCUT2D eigenvalue weighted by molar-refractivity contribution is 5.57. The molecule has 0 amide bonds. The molecule has 0 aliphatic heterocycles. The Kier molecular flexibility index (Phi) is 1.94. The zero-order valence-corrected chi connectivity index (χ0v) is 6.79. The molecule has 4 heteroatoms. The van der Waals surface area contributed by atoms with Crippen LogP contribution in [0.3, 0.4) is 0 Å². The van der Waals surface area contributed by atoms with Crippen molar-refractivity contribution in [2.75, 3.05) is 18.1 Å². The first-order chi connectivity index (χ1) is 5.16. The number of rotatable bonds is 2. The number of nitrogen functional groups attached to an aromatic ring is 2. The molecule has 0 unspecified atom stereocenters. The van der Waals surface area contributed by atoms with Crippen LogP contribution in [0.4, 0.5) is 11.6 Å². The third-order valence-corrected chi connectivity index (χ3v) is 1.58. The van der Waals surface area contributed by atoms with Gasteiger partial charge in [-0.2, -0.15) is 0 Å². The van der Waals surface area contributed by atoms with Crippen molar-refractivity contribution in [3.8, 4) is 5.75 Å². The molecule has 62 valence electrons. The van der Waals surface area contributed by atoms with Gasteiger partial charge in [0, 0.05) is 13.1 Å². The maximum Gasteiger partial charge on any atom is 0.163 e. The van der Waals surface area contributed by atoms with E-state index in [9.17, 15) is 0 Å². The summed E-state index contributed by atoms with van der Waals surface area (Å²) in [7, 11) is 1.80. The molecule has 0 atom stereocenters. The van der Waals surface area contributed by atoms with E-state index >= 15 is 0 Å². The third kappa shape index (κ3) is 1.24. The van der Waals surface area contributed by atoms with Gasteiger partial charge in [-0.3, -0.25) is 0 Å². The Morgan fingerprint density at radius 2 is 2.18 bits per heavy atom. The van der Waals surface area contributed by atoms with Gasteiger partial charge in [-0.05, 0) is 6.92 Å². The zero-order valence-electron chi connectivity index (χ0n) is 6.79. The van der Waals surface area contributed by atoms with Crippen LogP contribution in [0.1, 0.15) is 6.92 Å². The average Bonchev–Trinajstić information content (AvgIpc) is 2.19. The van der Waals surface area contributed by atoms with Gasteiger partial charge in [0.15, 0.2) is 5.75 Å². The van der Waals surface area contributed by atoms with E-state index in [1.165, 1.54) is 0 Å². The summed E-state index contributed by atoms with van der Waals surface area (Å²) in [4.78, 5) is 0. The van der Waals surface area contributed by atoms with Gasteiger partial charge in [0.25, 0.3) is 0 Å². The fourth-order valence-electron chi connectivity index (χ4n) is 0.881. The van der Waals surface area contributed by atoms with Crippen molar-refractivity contribution in [3.05, 3.63) is 6.07 Å². The van der Waals surface area contributed by atoms with Crippen LogP contribution in [0.2, 0.25) is 0 Å². The first-order valence-corrected chi connectivity index (χ1v) is 3.50. The summed E-state index contributed by atoms with van der Waals surface area (Å²) >= 11 is 0. The molecule has 0 aliphatic carbocycles. The molecular formula is C7H13N3O. The predicted octanol–water partition coefficient (Wildman–Crippen LogP) is 0.588. The van der Waals surface area contributed by atoms with E-state index in [1.807, 2.05) is 6.92 Å². The Morgan fingerprint density at radius 1 is 1.55 bits per heavy atom. The van der Waals surface area contributed by atoms with E-state index in [0.717, 1.165) is 0 Å². The van der Waals surface area contributed by atoms with Crippen molar-refractivity contribution in [2.24, 2.45) is 7.05 Å². The molecule has 0 radical (unpaired) electrons. The smallest absolute Gasteiger partial charge is 0.163 e.